The molecule has 1 saturated heterocycles. The SMILES string of the molecule is CN1CCN(c2nc(Nc3cc(C4CC4)[nH]n3)nc(Sc3ccc(C(=O)Nc4ccccc4)cc3)n2)CC1. The first-order valence-electron chi connectivity index (χ1n) is 12.8. The van der Waals surface area contributed by atoms with Gasteiger partial charge in [-0.1, -0.05) is 18.2 Å². The standard InChI is InChI=1S/C27H29N9OS/c1-35-13-15-36(16-14-35)26-30-25(29-23-17-22(33-34-23)18-7-8-18)31-27(32-26)38-21-11-9-19(10-12-21)24(37)28-20-5-3-2-4-6-20/h2-6,9-12,17-18H,7-8,13-16H2,1H3,(H,28,37)(H2,29,30,31,32,33,34). The van der Waals surface area contributed by atoms with Crippen LogP contribution in [-0.2, 0) is 0 Å². The fourth-order valence-electron chi connectivity index (χ4n) is 4.22. The van der Waals surface area contributed by atoms with Gasteiger partial charge in [-0.3, -0.25) is 9.89 Å². The fraction of sp³-hybridized carbons (Fsp3) is 0.296. The van der Waals surface area contributed by atoms with E-state index in [1.54, 1.807) is 0 Å². The second-order valence-corrected chi connectivity index (χ2v) is 10.6. The topological polar surface area (TPSA) is 115 Å². The Hall–Kier alpha value is -3.96. The van der Waals surface area contributed by atoms with Gasteiger partial charge in [0.25, 0.3) is 5.91 Å². The number of benzene rings is 2. The number of hydrogen-bond donors (Lipinski definition) is 3. The second kappa shape index (κ2) is 10.8. The van der Waals surface area contributed by atoms with Crippen LogP contribution in [0.1, 0.15) is 34.8 Å². The Balaban J connectivity index is 1.20. The first-order chi connectivity index (χ1) is 18.6. The van der Waals surface area contributed by atoms with E-state index >= 15 is 0 Å². The van der Waals surface area contributed by atoms with Gasteiger partial charge < -0.3 is 20.4 Å². The number of hydrogen-bond acceptors (Lipinski definition) is 9. The van der Waals surface area contributed by atoms with Crippen LogP contribution < -0.4 is 15.5 Å². The van der Waals surface area contributed by atoms with Crippen molar-refractivity contribution in [2.24, 2.45) is 0 Å². The lowest BCUT2D eigenvalue weighted by Gasteiger charge is -2.32. The number of rotatable bonds is 8. The van der Waals surface area contributed by atoms with Crippen LogP contribution in [0.4, 0.5) is 23.4 Å². The van der Waals surface area contributed by atoms with Gasteiger partial charge in [0.1, 0.15) is 0 Å². The van der Waals surface area contributed by atoms with Crippen LogP contribution >= 0.6 is 11.8 Å². The highest BCUT2D eigenvalue weighted by Gasteiger charge is 2.26. The molecule has 2 aromatic heterocycles. The van der Waals surface area contributed by atoms with Gasteiger partial charge in [0.2, 0.25) is 11.9 Å². The van der Waals surface area contributed by atoms with Crippen molar-refractivity contribution >= 4 is 41.1 Å². The highest BCUT2D eigenvalue weighted by atomic mass is 32.2. The van der Waals surface area contributed by atoms with E-state index in [0.29, 0.717) is 34.4 Å². The minimum atomic E-state index is -0.152. The summed E-state index contributed by atoms with van der Waals surface area (Å²) < 4.78 is 0. The van der Waals surface area contributed by atoms with E-state index < -0.39 is 0 Å². The normalized spacial score (nSPS) is 15.9. The molecule has 3 heterocycles. The number of nitrogens with zero attached hydrogens (tertiary/aromatic N) is 6. The Bertz CT molecular complexity index is 1400. The van der Waals surface area contributed by atoms with Crippen LogP contribution in [0.15, 0.2) is 70.7 Å². The average molecular weight is 528 g/mol. The van der Waals surface area contributed by atoms with Crippen LogP contribution in [0.2, 0.25) is 0 Å². The Kier molecular flexibility index (Phi) is 6.93. The van der Waals surface area contributed by atoms with Crippen molar-refractivity contribution in [2.45, 2.75) is 28.8 Å². The number of anilines is 4. The molecule has 2 fully saturated rings. The highest BCUT2D eigenvalue weighted by Crippen LogP contribution is 2.39. The van der Waals surface area contributed by atoms with Gasteiger partial charge in [-0.25, -0.2) is 0 Å². The van der Waals surface area contributed by atoms with Gasteiger partial charge in [-0.05, 0) is 68.0 Å². The number of carbonyl (C=O) groups excluding carboxylic acids is 1. The van der Waals surface area contributed by atoms with E-state index in [1.807, 2.05) is 60.7 Å². The van der Waals surface area contributed by atoms with E-state index in [0.717, 1.165) is 42.5 Å². The summed E-state index contributed by atoms with van der Waals surface area (Å²) in [6.45, 7) is 3.61. The summed E-state index contributed by atoms with van der Waals surface area (Å²) in [5.74, 6) is 2.24. The van der Waals surface area contributed by atoms with E-state index in [1.165, 1.54) is 24.6 Å². The molecule has 38 heavy (non-hydrogen) atoms. The van der Waals surface area contributed by atoms with Crippen LogP contribution in [-0.4, -0.2) is 69.2 Å². The zero-order valence-corrected chi connectivity index (χ0v) is 21.9. The lowest BCUT2D eigenvalue weighted by atomic mass is 10.2. The van der Waals surface area contributed by atoms with Gasteiger partial charge in [0.05, 0.1) is 0 Å². The highest BCUT2D eigenvalue weighted by molar-refractivity contribution is 7.99. The predicted molar refractivity (Wildman–Crippen MR) is 148 cm³/mol. The summed E-state index contributed by atoms with van der Waals surface area (Å²) in [5.41, 5.74) is 2.49. The molecule has 11 heteroatoms. The number of piperazine rings is 1. The van der Waals surface area contributed by atoms with Crippen molar-refractivity contribution in [3.05, 3.63) is 71.9 Å². The maximum Gasteiger partial charge on any atom is 0.255 e. The Morgan fingerprint density at radius 1 is 0.974 bits per heavy atom. The maximum atomic E-state index is 12.6. The molecule has 194 valence electrons. The molecule has 1 aliphatic carbocycles. The number of likely N-dealkylation sites (N-methyl/N-ethyl adjacent to an activating group) is 1. The molecule has 0 bridgehead atoms. The molecule has 0 atom stereocenters. The Labute approximate surface area is 225 Å². The molecule has 2 aromatic carbocycles. The number of H-pyrrole nitrogens is 1. The second-order valence-electron chi connectivity index (χ2n) is 9.59. The first kappa shape index (κ1) is 24.4. The quantitative estimate of drug-likeness (QED) is 0.307. The monoisotopic (exact) mass is 527 g/mol. The van der Waals surface area contributed by atoms with Gasteiger partial charge in [-0.15, -0.1) is 0 Å². The Morgan fingerprint density at radius 2 is 1.74 bits per heavy atom. The van der Waals surface area contributed by atoms with Crippen LogP contribution in [0.25, 0.3) is 0 Å². The molecule has 6 rings (SSSR count). The van der Waals surface area contributed by atoms with Crippen molar-refractivity contribution in [3.8, 4) is 0 Å². The van der Waals surface area contributed by atoms with Gasteiger partial charge in [-0.2, -0.15) is 20.1 Å². The van der Waals surface area contributed by atoms with Crippen molar-refractivity contribution in [2.75, 3.05) is 48.8 Å². The summed E-state index contributed by atoms with van der Waals surface area (Å²) in [6, 6.07) is 18.9. The number of carbonyl (C=O) groups is 1. The van der Waals surface area contributed by atoms with Gasteiger partial charge >= 0.3 is 0 Å². The minimum absolute atomic E-state index is 0.152. The zero-order chi connectivity index (χ0) is 25.9. The van der Waals surface area contributed by atoms with E-state index in [-0.39, 0.29) is 5.91 Å². The first-order valence-corrected chi connectivity index (χ1v) is 13.6. The maximum absolute atomic E-state index is 12.6. The fourth-order valence-corrected chi connectivity index (χ4v) is 4.96. The van der Waals surface area contributed by atoms with Crippen LogP contribution in [0.5, 0.6) is 0 Å². The molecule has 1 amide bonds. The number of amides is 1. The van der Waals surface area contributed by atoms with Crippen LogP contribution in [0, 0.1) is 0 Å². The number of nitrogens with one attached hydrogen (secondary N) is 3. The molecule has 0 unspecified atom stereocenters. The number of para-hydroxylation sites is 1. The van der Waals surface area contributed by atoms with Gasteiger partial charge in [0, 0.05) is 60.0 Å². The molecule has 1 aliphatic heterocycles. The third-order valence-electron chi connectivity index (χ3n) is 6.60. The molecule has 3 N–H and O–H groups in total. The number of aromatic amines is 1. The Morgan fingerprint density at radius 3 is 2.47 bits per heavy atom. The lowest BCUT2D eigenvalue weighted by molar-refractivity contribution is 0.102. The van der Waals surface area contributed by atoms with Crippen molar-refractivity contribution in [3.63, 3.8) is 0 Å². The summed E-state index contributed by atoms with van der Waals surface area (Å²) >= 11 is 1.44. The lowest BCUT2D eigenvalue weighted by Crippen LogP contribution is -2.45. The summed E-state index contributed by atoms with van der Waals surface area (Å²) in [6.07, 6.45) is 2.41. The molecular formula is C27H29N9OS. The van der Waals surface area contributed by atoms with Crippen molar-refractivity contribution < 1.29 is 4.79 Å². The minimum Gasteiger partial charge on any atom is -0.338 e. The van der Waals surface area contributed by atoms with Crippen LogP contribution in [0.3, 0.4) is 0 Å². The summed E-state index contributed by atoms with van der Waals surface area (Å²) in [4.78, 5) is 32.2. The number of aromatic nitrogens is 5. The van der Waals surface area contributed by atoms with E-state index in [4.69, 9.17) is 9.97 Å². The zero-order valence-electron chi connectivity index (χ0n) is 21.1. The molecule has 10 nitrogen and oxygen atoms in total. The molecular weight excluding hydrogens is 498 g/mol. The summed E-state index contributed by atoms with van der Waals surface area (Å²) in [5, 5.41) is 14.3. The molecule has 4 aromatic rings. The third kappa shape index (κ3) is 5.95. The van der Waals surface area contributed by atoms with Gasteiger partial charge in [0.15, 0.2) is 11.0 Å². The summed E-state index contributed by atoms with van der Waals surface area (Å²) in [7, 11) is 2.12. The molecule has 2 aliphatic rings. The third-order valence-corrected chi connectivity index (χ3v) is 7.47. The smallest absolute Gasteiger partial charge is 0.255 e. The largest absolute Gasteiger partial charge is 0.338 e. The van der Waals surface area contributed by atoms with Crippen molar-refractivity contribution in [1.29, 1.82) is 0 Å². The van der Waals surface area contributed by atoms with E-state index in [9.17, 15) is 4.79 Å². The van der Waals surface area contributed by atoms with E-state index in [2.05, 4.69) is 42.7 Å². The predicted octanol–water partition coefficient (Wildman–Crippen LogP) is 4.37. The average Bonchev–Trinajstić information content (AvgIpc) is 3.68. The van der Waals surface area contributed by atoms with Crippen molar-refractivity contribution in [1.82, 2.24) is 30.0 Å². The molecule has 0 spiro atoms. The molecule has 1 saturated carbocycles. The molecule has 0 radical (unpaired) electrons.